The van der Waals surface area contributed by atoms with Crippen molar-refractivity contribution in [3.05, 3.63) is 24.0 Å². The number of rotatable bonds is 19. The molecule has 2 aliphatic rings. The fraction of sp³-hybridized carbons (Fsp3) is 0.677. The Kier molecular flexibility index (Phi) is 13.7. The molecule has 1 aliphatic heterocycles. The Morgan fingerprint density at radius 2 is 1.72 bits per heavy atom. The molecule has 2 aromatic heterocycles. The van der Waals surface area contributed by atoms with Gasteiger partial charge in [0.1, 0.15) is 18.1 Å². The van der Waals surface area contributed by atoms with Gasteiger partial charge in [-0.05, 0) is 51.4 Å². The van der Waals surface area contributed by atoms with E-state index in [9.17, 15) is 4.57 Å². The van der Waals surface area contributed by atoms with Crippen molar-refractivity contribution in [2.24, 2.45) is 0 Å². The van der Waals surface area contributed by atoms with Gasteiger partial charge in [0.25, 0.3) is 0 Å². The second-order valence-corrected chi connectivity index (χ2v) is 12.8. The van der Waals surface area contributed by atoms with Crippen LogP contribution >= 0.6 is 8.25 Å². The van der Waals surface area contributed by atoms with Crippen LogP contribution in [0.1, 0.15) is 50.6 Å². The Morgan fingerprint density at radius 1 is 0.957 bits per heavy atom. The summed E-state index contributed by atoms with van der Waals surface area (Å²) in [6.45, 7) is 8.07. The number of ether oxygens (including phenoxy) is 2. The number of piperazine rings is 1. The summed E-state index contributed by atoms with van der Waals surface area (Å²) >= 11 is 0. The van der Waals surface area contributed by atoms with E-state index in [0.29, 0.717) is 49.4 Å². The lowest BCUT2D eigenvalue weighted by atomic mass is 9.95. The Morgan fingerprint density at radius 3 is 2.49 bits per heavy atom. The molecule has 0 spiro atoms. The zero-order valence-corrected chi connectivity index (χ0v) is 28.6. The van der Waals surface area contributed by atoms with Gasteiger partial charge in [0, 0.05) is 61.3 Å². The standard InChI is InChI=1S/C31H49N10O5P/c1-44-28-20-26-27(21-29(28)45-2)35-31(40-16-14-39(15-17-40)18-19-46-47(42)43)36-30(26)34-22-25-23-41(38-37-25)13-7-11-32-10-6-12-33-24-8-4-3-5-9-24/h20-21,23-24,32-33H,3-19,22H2,1-2H3,(H-,34,35,36,42,43)/p+1. The molecule has 5 rings (SSSR count). The number of hydrogen-bond donors (Lipinski definition) is 4. The van der Waals surface area contributed by atoms with Gasteiger partial charge in [-0.15, -0.1) is 14.5 Å². The van der Waals surface area contributed by atoms with E-state index in [1.807, 2.05) is 23.0 Å². The first-order valence-electron chi connectivity index (χ1n) is 16.8. The zero-order chi connectivity index (χ0) is 32.8. The number of anilines is 2. The van der Waals surface area contributed by atoms with E-state index in [0.717, 1.165) is 74.7 Å². The molecule has 2 fully saturated rings. The lowest BCUT2D eigenvalue weighted by Gasteiger charge is -2.34. The lowest BCUT2D eigenvalue weighted by Crippen LogP contribution is -2.47. The molecule has 258 valence electrons. The summed E-state index contributed by atoms with van der Waals surface area (Å²) in [5, 5.41) is 20.3. The van der Waals surface area contributed by atoms with Crippen molar-refractivity contribution in [1.82, 2.24) is 40.5 Å². The van der Waals surface area contributed by atoms with Crippen molar-refractivity contribution < 1.29 is 23.5 Å². The van der Waals surface area contributed by atoms with Crippen LogP contribution in [-0.2, 0) is 22.2 Å². The molecule has 1 aliphatic carbocycles. The quantitative estimate of drug-likeness (QED) is 0.108. The summed E-state index contributed by atoms with van der Waals surface area (Å²) in [5.41, 5.74) is 1.56. The fourth-order valence-corrected chi connectivity index (χ4v) is 6.40. The fourth-order valence-electron chi connectivity index (χ4n) is 6.16. The molecule has 3 heterocycles. The van der Waals surface area contributed by atoms with Gasteiger partial charge in [-0.3, -0.25) is 9.58 Å². The number of aromatic nitrogens is 5. The molecule has 1 saturated heterocycles. The van der Waals surface area contributed by atoms with Gasteiger partial charge in [0.05, 0.1) is 32.5 Å². The van der Waals surface area contributed by atoms with Crippen molar-refractivity contribution in [3.8, 4) is 11.5 Å². The van der Waals surface area contributed by atoms with E-state index in [1.54, 1.807) is 14.2 Å². The van der Waals surface area contributed by atoms with E-state index >= 15 is 0 Å². The normalized spacial score (nSPS) is 16.5. The van der Waals surface area contributed by atoms with Gasteiger partial charge in [0.15, 0.2) is 11.5 Å². The van der Waals surface area contributed by atoms with Crippen LogP contribution in [0.15, 0.2) is 18.3 Å². The maximum atomic E-state index is 10.8. The maximum Gasteiger partial charge on any atom is 0.694 e. The highest BCUT2D eigenvalue weighted by atomic mass is 31.1. The van der Waals surface area contributed by atoms with E-state index < -0.39 is 8.25 Å². The van der Waals surface area contributed by atoms with Crippen LogP contribution in [0.5, 0.6) is 11.5 Å². The van der Waals surface area contributed by atoms with Crippen molar-refractivity contribution in [2.75, 3.05) is 83.4 Å². The minimum atomic E-state index is -2.58. The van der Waals surface area contributed by atoms with Crippen LogP contribution in [0.2, 0.25) is 0 Å². The second-order valence-electron chi connectivity index (χ2n) is 12.1. The van der Waals surface area contributed by atoms with E-state index in [-0.39, 0.29) is 6.61 Å². The molecular formula is C31H50N10O5P+. The van der Waals surface area contributed by atoms with Crippen LogP contribution in [0.3, 0.4) is 0 Å². The number of aryl methyl sites for hydroxylation is 1. The van der Waals surface area contributed by atoms with E-state index in [1.165, 1.54) is 32.1 Å². The summed E-state index contributed by atoms with van der Waals surface area (Å²) in [6.07, 6.45) is 10.9. The Bertz CT molecular complexity index is 1410. The molecule has 1 unspecified atom stereocenters. The number of fused-ring (bicyclic) bond motifs is 1. The third-order valence-corrected chi connectivity index (χ3v) is 9.19. The first-order chi connectivity index (χ1) is 23.0. The first-order valence-corrected chi connectivity index (χ1v) is 17.9. The third kappa shape index (κ3) is 10.6. The van der Waals surface area contributed by atoms with Crippen LogP contribution in [0.4, 0.5) is 11.8 Å². The number of nitrogens with one attached hydrogen (secondary N) is 3. The highest BCUT2D eigenvalue weighted by Gasteiger charge is 2.23. The molecule has 0 radical (unpaired) electrons. The maximum absolute atomic E-state index is 10.8. The van der Waals surface area contributed by atoms with Gasteiger partial charge in [-0.25, -0.2) is 4.98 Å². The van der Waals surface area contributed by atoms with Gasteiger partial charge in [-0.2, -0.15) is 4.98 Å². The summed E-state index contributed by atoms with van der Waals surface area (Å²) < 4.78 is 28.7. The van der Waals surface area contributed by atoms with Crippen LogP contribution in [0.25, 0.3) is 10.9 Å². The molecule has 1 atom stereocenters. The number of nitrogens with zero attached hydrogens (tertiary/aromatic N) is 7. The van der Waals surface area contributed by atoms with Gasteiger partial charge in [-0.1, -0.05) is 24.5 Å². The van der Waals surface area contributed by atoms with Crippen LogP contribution in [-0.4, -0.2) is 114 Å². The van der Waals surface area contributed by atoms with Crippen molar-refractivity contribution >= 4 is 30.9 Å². The summed E-state index contributed by atoms with van der Waals surface area (Å²) in [4.78, 5) is 23.0. The first kappa shape index (κ1) is 35.1. The number of benzene rings is 1. The van der Waals surface area contributed by atoms with Crippen molar-refractivity contribution in [1.29, 1.82) is 0 Å². The predicted molar refractivity (Wildman–Crippen MR) is 181 cm³/mol. The Balaban J connectivity index is 1.13. The molecule has 0 bridgehead atoms. The third-order valence-electron chi connectivity index (χ3n) is 8.79. The topological polar surface area (TPSA) is 164 Å². The largest absolute Gasteiger partial charge is 0.694 e. The predicted octanol–water partition coefficient (Wildman–Crippen LogP) is 2.93. The molecule has 3 aromatic rings. The highest BCUT2D eigenvalue weighted by Crippen LogP contribution is 2.35. The highest BCUT2D eigenvalue weighted by molar-refractivity contribution is 7.32. The average molecular weight is 674 g/mol. The van der Waals surface area contributed by atoms with Crippen LogP contribution in [0, 0.1) is 0 Å². The number of methoxy groups -OCH3 is 2. The molecule has 4 N–H and O–H groups in total. The molecule has 1 saturated carbocycles. The molecule has 47 heavy (non-hydrogen) atoms. The monoisotopic (exact) mass is 673 g/mol. The van der Waals surface area contributed by atoms with Gasteiger partial charge in [0.2, 0.25) is 5.95 Å². The van der Waals surface area contributed by atoms with Crippen LogP contribution < -0.4 is 30.3 Å². The SMILES string of the molecule is COc1cc2nc(N3CCN(CCO[P+](=O)O)CC3)nc(NCc3cn(CCCNCCCNC4CCCCC4)nn3)c2cc1OC. The van der Waals surface area contributed by atoms with Crippen molar-refractivity contribution in [2.45, 2.75) is 64.1 Å². The Hall–Kier alpha value is -3.20. The summed E-state index contributed by atoms with van der Waals surface area (Å²) in [6, 6.07) is 4.48. The zero-order valence-electron chi connectivity index (χ0n) is 27.7. The molecule has 1 aromatic carbocycles. The molecule has 16 heteroatoms. The lowest BCUT2D eigenvalue weighted by molar-refractivity contribution is 0.194. The molecule has 0 amide bonds. The second kappa shape index (κ2) is 18.4. The van der Waals surface area contributed by atoms with Gasteiger partial charge < -0.3 is 30.3 Å². The average Bonchev–Trinajstić information content (AvgIpc) is 3.55. The molecular weight excluding hydrogens is 623 g/mol. The smallest absolute Gasteiger partial charge is 0.493 e. The number of hydrogen-bond acceptors (Lipinski definition) is 13. The molecule has 15 nitrogen and oxygen atoms in total. The minimum Gasteiger partial charge on any atom is -0.493 e. The van der Waals surface area contributed by atoms with Crippen molar-refractivity contribution in [3.63, 3.8) is 0 Å². The minimum absolute atomic E-state index is 0.216. The van der Waals surface area contributed by atoms with E-state index in [2.05, 4.69) is 36.1 Å². The van der Waals surface area contributed by atoms with Gasteiger partial charge >= 0.3 is 8.25 Å². The summed E-state index contributed by atoms with van der Waals surface area (Å²) in [5.74, 6) is 2.48. The summed E-state index contributed by atoms with van der Waals surface area (Å²) in [7, 11) is 0.641. The Labute approximate surface area is 277 Å². The van der Waals surface area contributed by atoms with E-state index in [4.69, 9.17) is 28.9 Å².